The summed E-state index contributed by atoms with van der Waals surface area (Å²) < 4.78 is 0. The van der Waals surface area contributed by atoms with Crippen molar-refractivity contribution in [3.63, 3.8) is 0 Å². The van der Waals surface area contributed by atoms with Crippen LogP contribution in [0.15, 0.2) is 104 Å². The van der Waals surface area contributed by atoms with E-state index in [0.717, 1.165) is 39.0 Å². The summed E-state index contributed by atoms with van der Waals surface area (Å²) >= 11 is 0. The largest absolute Gasteiger partial charge is 0.367 e. The number of fused-ring (bicyclic) bond motifs is 1. The minimum Gasteiger partial charge on any atom is -0.367 e. The summed E-state index contributed by atoms with van der Waals surface area (Å²) in [6.07, 6.45) is 3.24. The molecule has 6 heteroatoms. The third-order valence-electron chi connectivity index (χ3n) is 6.08. The molecule has 5 rings (SSSR count). The quantitative estimate of drug-likeness (QED) is 0.276. The third-order valence-corrected chi connectivity index (χ3v) is 6.08. The zero-order valence-electron chi connectivity index (χ0n) is 21.0. The molecule has 1 N–H and O–H groups in total. The number of anilines is 1. The maximum atomic E-state index is 13.4. The highest BCUT2D eigenvalue weighted by molar-refractivity contribution is 5.93. The van der Waals surface area contributed by atoms with Crippen LogP contribution in [0.3, 0.4) is 0 Å². The molecule has 6 nitrogen and oxygen atoms in total. The highest BCUT2D eigenvalue weighted by Crippen LogP contribution is 2.28. The highest BCUT2D eigenvalue weighted by Gasteiger charge is 2.18. The molecular weight excluding hydrogens is 458 g/mol. The molecule has 37 heavy (non-hydrogen) atoms. The van der Waals surface area contributed by atoms with E-state index in [9.17, 15) is 4.79 Å². The van der Waals surface area contributed by atoms with E-state index in [1.165, 1.54) is 0 Å². The summed E-state index contributed by atoms with van der Waals surface area (Å²) in [6.45, 7) is 5.15. The molecule has 184 valence electrons. The molecule has 0 spiro atoms. The van der Waals surface area contributed by atoms with Gasteiger partial charge in [0.05, 0.1) is 5.52 Å². The normalized spacial score (nSPS) is 11.0. The maximum Gasteiger partial charge on any atom is 0.273 e. The first-order valence-electron chi connectivity index (χ1n) is 12.4. The molecule has 0 saturated carbocycles. The molecule has 0 saturated heterocycles. The number of nitrogens with zero attached hydrogens (tertiary/aromatic N) is 4. The van der Waals surface area contributed by atoms with Crippen molar-refractivity contribution in [2.75, 3.05) is 5.32 Å². The predicted octanol–water partition coefficient (Wildman–Crippen LogP) is 6.35. The monoisotopic (exact) mass is 487 g/mol. The predicted molar refractivity (Wildman–Crippen MR) is 148 cm³/mol. The van der Waals surface area contributed by atoms with Crippen molar-refractivity contribution in [2.45, 2.75) is 33.0 Å². The van der Waals surface area contributed by atoms with Gasteiger partial charge >= 0.3 is 0 Å². The van der Waals surface area contributed by atoms with Gasteiger partial charge < -0.3 is 10.2 Å². The average Bonchev–Trinajstić information content (AvgIpc) is 2.93. The lowest BCUT2D eigenvalue weighted by atomic mass is 10.0. The number of pyridine rings is 1. The summed E-state index contributed by atoms with van der Waals surface area (Å²) in [5, 5.41) is 4.40. The molecule has 3 aromatic carbocycles. The van der Waals surface area contributed by atoms with Gasteiger partial charge in [0.25, 0.3) is 5.91 Å². The Morgan fingerprint density at radius 1 is 0.784 bits per heavy atom. The van der Waals surface area contributed by atoms with E-state index < -0.39 is 0 Å². The zero-order valence-corrected chi connectivity index (χ0v) is 21.0. The third kappa shape index (κ3) is 5.81. The van der Waals surface area contributed by atoms with Crippen LogP contribution in [0.1, 0.15) is 35.5 Å². The van der Waals surface area contributed by atoms with Crippen molar-refractivity contribution < 1.29 is 4.79 Å². The first-order valence-corrected chi connectivity index (χ1v) is 12.4. The fourth-order valence-corrected chi connectivity index (χ4v) is 4.35. The van der Waals surface area contributed by atoms with E-state index in [4.69, 9.17) is 0 Å². The second kappa shape index (κ2) is 11.0. The van der Waals surface area contributed by atoms with E-state index in [-0.39, 0.29) is 11.9 Å². The topological polar surface area (TPSA) is 71.0 Å². The van der Waals surface area contributed by atoms with E-state index >= 15 is 0 Å². The average molecular weight is 488 g/mol. The zero-order chi connectivity index (χ0) is 25.6. The molecule has 0 bridgehead atoms. The number of aromatic nitrogens is 3. The van der Waals surface area contributed by atoms with E-state index in [1.807, 2.05) is 59.5 Å². The molecule has 1 amide bonds. The molecule has 0 unspecified atom stereocenters. The van der Waals surface area contributed by atoms with Crippen molar-refractivity contribution in [3.05, 3.63) is 120 Å². The second-order valence-corrected chi connectivity index (χ2v) is 9.32. The SMILES string of the molecule is CC(C)Nc1ncnc2ccc(-c3cccc(CN(Cc4ccccc4)C(=O)c4ccccn4)c3)cc12. The van der Waals surface area contributed by atoms with Crippen LogP contribution in [0.25, 0.3) is 22.0 Å². The number of rotatable bonds is 8. The maximum absolute atomic E-state index is 13.4. The number of carbonyl (C=O) groups excluding carboxylic acids is 1. The summed E-state index contributed by atoms with van der Waals surface area (Å²) in [5.41, 5.74) is 5.60. The van der Waals surface area contributed by atoms with E-state index in [0.29, 0.717) is 18.8 Å². The fraction of sp³-hybridized carbons (Fsp3) is 0.161. The van der Waals surface area contributed by atoms with Gasteiger partial charge in [-0.25, -0.2) is 9.97 Å². The van der Waals surface area contributed by atoms with Crippen LogP contribution in [0.2, 0.25) is 0 Å². The van der Waals surface area contributed by atoms with Gasteiger partial charge in [0.15, 0.2) is 0 Å². The van der Waals surface area contributed by atoms with Crippen molar-refractivity contribution in [1.29, 1.82) is 0 Å². The molecule has 0 radical (unpaired) electrons. The second-order valence-electron chi connectivity index (χ2n) is 9.32. The lowest BCUT2D eigenvalue weighted by Gasteiger charge is -2.23. The van der Waals surface area contributed by atoms with Gasteiger partial charge in [0, 0.05) is 30.7 Å². The summed E-state index contributed by atoms with van der Waals surface area (Å²) in [7, 11) is 0. The molecule has 0 atom stereocenters. The van der Waals surface area contributed by atoms with Gasteiger partial charge in [-0.2, -0.15) is 0 Å². The molecule has 0 aliphatic rings. The van der Waals surface area contributed by atoms with Crippen LogP contribution in [0.5, 0.6) is 0 Å². The van der Waals surface area contributed by atoms with Gasteiger partial charge in [0.2, 0.25) is 0 Å². The van der Waals surface area contributed by atoms with Crippen LogP contribution in [0, 0.1) is 0 Å². The number of benzene rings is 3. The van der Waals surface area contributed by atoms with Crippen molar-refractivity contribution >= 4 is 22.6 Å². The fourth-order valence-electron chi connectivity index (χ4n) is 4.35. The van der Waals surface area contributed by atoms with Gasteiger partial charge in [-0.05, 0) is 66.4 Å². The number of hydrogen-bond acceptors (Lipinski definition) is 5. The smallest absolute Gasteiger partial charge is 0.273 e. The van der Waals surface area contributed by atoms with Gasteiger partial charge in [-0.3, -0.25) is 9.78 Å². The molecule has 0 aliphatic carbocycles. The minimum absolute atomic E-state index is 0.0953. The Hall–Kier alpha value is -4.58. The molecule has 2 aromatic heterocycles. The van der Waals surface area contributed by atoms with Crippen molar-refractivity contribution in [1.82, 2.24) is 19.9 Å². The Morgan fingerprint density at radius 2 is 1.54 bits per heavy atom. The Morgan fingerprint density at radius 3 is 2.32 bits per heavy atom. The number of amides is 1. The van der Waals surface area contributed by atoms with Gasteiger partial charge in [-0.1, -0.05) is 60.7 Å². The lowest BCUT2D eigenvalue weighted by molar-refractivity contribution is 0.0724. The standard InChI is InChI=1S/C31H29N5O/c1-22(2)35-30-27-18-26(14-15-28(27)33-21-34-30)25-12-8-11-24(17-25)20-36(19-23-9-4-3-5-10-23)31(37)29-13-6-7-16-32-29/h3-18,21-22H,19-20H2,1-2H3,(H,33,34,35). The summed E-state index contributed by atoms with van der Waals surface area (Å²) in [5.74, 6) is 0.732. The lowest BCUT2D eigenvalue weighted by Crippen LogP contribution is -2.30. The summed E-state index contributed by atoms with van der Waals surface area (Å²) in [4.78, 5) is 28.4. The van der Waals surface area contributed by atoms with Crippen molar-refractivity contribution in [2.24, 2.45) is 0 Å². The Kier molecular flexibility index (Phi) is 7.17. The first-order chi connectivity index (χ1) is 18.1. The summed E-state index contributed by atoms with van der Waals surface area (Å²) in [6, 6.07) is 30.3. The first kappa shape index (κ1) is 24.1. The minimum atomic E-state index is -0.0953. The Balaban J connectivity index is 1.46. The van der Waals surface area contributed by atoms with Crippen LogP contribution in [-0.4, -0.2) is 31.8 Å². The van der Waals surface area contributed by atoms with Crippen LogP contribution in [-0.2, 0) is 13.1 Å². The Labute approximate surface area is 217 Å². The van der Waals surface area contributed by atoms with Crippen LogP contribution in [0.4, 0.5) is 5.82 Å². The molecular formula is C31H29N5O. The highest BCUT2D eigenvalue weighted by atomic mass is 16.2. The molecule has 0 fully saturated rings. The van der Waals surface area contributed by atoms with Gasteiger partial charge in [0.1, 0.15) is 17.8 Å². The molecule has 2 heterocycles. The molecule has 0 aliphatic heterocycles. The van der Waals surface area contributed by atoms with Crippen molar-refractivity contribution in [3.8, 4) is 11.1 Å². The molecule has 5 aromatic rings. The van der Waals surface area contributed by atoms with E-state index in [2.05, 4.69) is 64.4 Å². The van der Waals surface area contributed by atoms with Gasteiger partial charge in [-0.15, -0.1) is 0 Å². The number of carbonyl (C=O) groups is 1. The number of hydrogen-bond donors (Lipinski definition) is 1. The Bertz CT molecular complexity index is 1500. The number of nitrogens with one attached hydrogen (secondary N) is 1. The van der Waals surface area contributed by atoms with Crippen LogP contribution >= 0.6 is 0 Å². The van der Waals surface area contributed by atoms with Crippen LogP contribution < -0.4 is 5.32 Å². The van der Waals surface area contributed by atoms with E-state index in [1.54, 1.807) is 18.6 Å².